The topological polar surface area (TPSA) is 91.3 Å². The zero-order chi connectivity index (χ0) is 29.8. The van der Waals surface area contributed by atoms with Crippen molar-refractivity contribution in [3.63, 3.8) is 0 Å². The molecule has 0 spiro atoms. The molecule has 0 aliphatic carbocycles. The summed E-state index contributed by atoms with van der Waals surface area (Å²) in [4.78, 5) is 44.2. The zero-order valence-corrected chi connectivity index (χ0v) is 25.0. The van der Waals surface area contributed by atoms with Gasteiger partial charge in [0, 0.05) is 50.0 Å². The molecule has 2 fully saturated rings. The molecule has 4 heterocycles. The van der Waals surface area contributed by atoms with E-state index < -0.39 is 0 Å². The third kappa shape index (κ3) is 6.59. The van der Waals surface area contributed by atoms with E-state index in [4.69, 9.17) is 14.5 Å². The number of amides is 2. The molecular weight excluding hydrogens is 544 g/mol. The minimum Gasteiger partial charge on any atom is -0.462 e. The number of fused-ring (bicyclic) bond motifs is 1. The van der Waals surface area contributed by atoms with E-state index in [-0.39, 0.29) is 30.7 Å². The predicted molar refractivity (Wildman–Crippen MR) is 165 cm³/mol. The van der Waals surface area contributed by atoms with Crippen LogP contribution >= 0.6 is 0 Å². The average Bonchev–Trinajstić information content (AvgIpc) is 3.47. The van der Waals surface area contributed by atoms with Crippen LogP contribution in [0.15, 0.2) is 60.7 Å². The first kappa shape index (κ1) is 28.9. The minimum absolute atomic E-state index is 0.0442. The van der Waals surface area contributed by atoms with E-state index in [1.807, 2.05) is 53.4 Å². The lowest BCUT2D eigenvalue weighted by molar-refractivity contribution is 0.0940. The van der Waals surface area contributed by atoms with Gasteiger partial charge in [-0.1, -0.05) is 48.5 Å². The monoisotopic (exact) mass is 584 g/mol. The lowest BCUT2D eigenvalue weighted by Crippen LogP contribution is -2.49. The van der Waals surface area contributed by atoms with Crippen LogP contribution in [0.1, 0.15) is 47.8 Å². The molecular formula is C33H40N6O4. The number of carbonyl (C=O) groups is 2. The molecule has 0 saturated carbocycles. The number of aryl methyl sites for hydroxylation is 1. The van der Waals surface area contributed by atoms with Crippen molar-refractivity contribution in [2.45, 2.75) is 51.3 Å². The van der Waals surface area contributed by atoms with Gasteiger partial charge in [-0.15, -0.1) is 0 Å². The molecule has 3 aliphatic rings. The largest absolute Gasteiger partial charge is 0.462 e. The summed E-state index contributed by atoms with van der Waals surface area (Å²) in [5.74, 6) is 0.470. The van der Waals surface area contributed by atoms with Crippen LogP contribution in [0.25, 0.3) is 0 Å². The Kier molecular flexibility index (Phi) is 8.74. The third-order valence-corrected chi connectivity index (χ3v) is 8.80. The first-order chi connectivity index (χ1) is 21.0. The summed E-state index contributed by atoms with van der Waals surface area (Å²) in [7, 11) is 2.10. The Morgan fingerprint density at radius 3 is 2.47 bits per heavy atom. The van der Waals surface area contributed by atoms with Gasteiger partial charge in [0.15, 0.2) is 0 Å². The third-order valence-electron chi connectivity index (χ3n) is 8.80. The van der Waals surface area contributed by atoms with Gasteiger partial charge in [0.1, 0.15) is 24.7 Å². The highest BCUT2D eigenvalue weighted by Gasteiger charge is 2.32. The first-order valence-corrected chi connectivity index (χ1v) is 15.3. The van der Waals surface area contributed by atoms with Gasteiger partial charge >= 0.3 is 12.1 Å². The molecule has 10 heteroatoms. The van der Waals surface area contributed by atoms with Crippen molar-refractivity contribution in [3.8, 4) is 6.01 Å². The Bertz CT molecular complexity index is 1430. The SMILES string of the molecule is CC1CCc2ccccc2N1C(=O)c1cc(N2CCN(C(=O)OCc3ccccc3)CC2)nc(OC[C@@H]2CCCN2C)n1. The van der Waals surface area contributed by atoms with Crippen LogP contribution in [0.3, 0.4) is 0 Å². The predicted octanol–water partition coefficient (Wildman–Crippen LogP) is 4.39. The number of aromatic nitrogens is 2. The molecule has 0 bridgehead atoms. The summed E-state index contributed by atoms with van der Waals surface area (Å²) in [5.41, 5.74) is 3.37. The lowest BCUT2D eigenvalue weighted by Gasteiger charge is -2.36. The summed E-state index contributed by atoms with van der Waals surface area (Å²) in [5, 5.41) is 0. The summed E-state index contributed by atoms with van der Waals surface area (Å²) >= 11 is 0. The number of likely N-dealkylation sites (N-methyl/N-ethyl adjacent to an activating group) is 1. The molecule has 0 N–H and O–H groups in total. The Morgan fingerprint density at radius 1 is 0.930 bits per heavy atom. The van der Waals surface area contributed by atoms with Gasteiger partial charge < -0.3 is 29.1 Å². The van der Waals surface area contributed by atoms with Crippen LogP contribution in [0.2, 0.25) is 0 Å². The molecule has 2 aromatic carbocycles. The molecule has 2 atom stereocenters. The number of rotatable bonds is 7. The zero-order valence-electron chi connectivity index (χ0n) is 25.0. The van der Waals surface area contributed by atoms with Crippen LogP contribution in [0.4, 0.5) is 16.3 Å². The first-order valence-electron chi connectivity index (χ1n) is 15.3. The van der Waals surface area contributed by atoms with E-state index in [2.05, 4.69) is 34.8 Å². The van der Waals surface area contributed by atoms with Gasteiger partial charge in [-0.05, 0) is 63.4 Å². The molecule has 43 heavy (non-hydrogen) atoms. The van der Waals surface area contributed by atoms with E-state index in [0.717, 1.165) is 43.5 Å². The number of benzene rings is 2. The van der Waals surface area contributed by atoms with Crippen molar-refractivity contribution in [2.24, 2.45) is 0 Å². The van der Waals surface area contributed by atoms with Crippen molar-refractivity contribution < 1.29 is 19.1 Å². The fourth-order valence-electron chi connectivity index (χ4n) is 6.16. The highest BCUT2D eigenvalue weighted by atomic mass is 16.6. The van der Waals surface area contributed by atoms with Gasteiger partial charge in [-0.3, -0.25) is 4.79 Å². The van der Waals surface area contributed by atoms with E-state index in [9.17, 15) is 9.59 Å². The summed E-state index contributed by atoms with van der Waals surface area (Å²) in [6.45, 7) is 5.92. The van der Waals surface area contributed by atoms with E-state index in [1.54, 1.807) is 11.0 Å². The molecule has 6 rings (SSSR count). The second-order valence-electron chi connectivity index (χ2n) is 11.7. The Morgan fingerprint density at radius 2 is 1.70 bits per heavy atom. The molecule has 226 valence electrons. The van der Waals surface area contributed by atoms with Gasteiger partial charge in [0.25, 0.3) is 5.91 Å². The number of piperazine rings is 1. The molecule has 3 aliphatic heterocycles. The van der Waals surface area contributed by atoms with Crippen LogP contribution in [0.5, 0.6) is 6.01 Å². The fraction of sp³-hybridized carbons (Fsp3) is 0.455. The number of likely N-dealkylation sites (tertiary alicyclic amines) is 1. The van der Waals surface area contributed by atoms with E-state index >= 15 is 0 Å². The number of ether oxygens (including phenoxy) is 2. The molecule has 2 saturated heterocycles. The number of nitrogens with zero attached hydrogens (tertiary/aromatic N) is 6. The van der Waals surface area contributed by atoms with Gasteiger partial charge in [0.2, 0.25) is 0 Å². The highest BCUT2D eigenvalue weighted by Crippen LogP contribution is 2.32. The van der Waals surface area contributed by atoms with Gasteiger partial charge in [0.05, 0.1) is 0 Å². The van der Waals surface area contributed by atoms with Crippen molar-refractivity contribution in [3.05, 3.63) is 77.5 Å². The van der Waals surface area contributed by atoms with Crippen LogP contribution in [0, 0.1) is 0 Å². The molecule has 10 nitrogen and oxygen atoms in total. The van der Waals surface area contributed by atoms with Gasteiger partial charge in [-0.25, -0.2) is 4.79 Å². The van der Waals surface area contributed by atoms with E-state index in [1.165, 1.54) is 5.56 Å². The lowest BCUT2D eigenvalue weighted by atomic mass is 9.96. The maximum atomic E-state index is 14.1. The minimum atomic E-state index is -0.329. The Labute approximate surface area is 253 Å². The van der Waals surface area contributed by atoms with Crippen molar-refractivity contribution >= 4 is 23.5 Å². The maximum absolute atomic E-state index is 14.1. The van der Waals surface area contributed by atoms with Crippen LogP contribution in [-0.2, 0) is 17.8 Å². The van der Waals surface area contributed by atoms with Crippen molar-refractivity contribution in [1.29, 1.82) is 0 Å². The number of hydrogen-bond donors (Lipinski definition) is 0. The number of carbonyl (C=O) groups excluding carboxylic acids is 2. The second kappa shape index (κ2) is 13.0. The number of para-hydroxylation sites is 1. The number of hydrogen-bond acceptors (Lipinski definition) is 8. The van der Waals surface area contributed by atoms with Gasteiger partial charge in [-0.2, -0.15) is 9.97 Å². The second-order valence-corrected chi connectivity index (χ2v) is 11.7. The molecule has 2 amide bonds. The van der Waals surface area contributed by atoms with Crippen molar-refractivity contribution in [1.82, 2.24) is 19.8 Å². The number of anilines is 2. The molecule has 3 aromatic rings. The smallest absolute Gasteiger partial charge is 0.410 e. The van der Waals surface area contributed by atoms with Crippen LogP contribution < -0.4 is 14.5 Å². The summed E-state index contributed by atoms with van der Waals surface area (Å²) < 4.78 is 11.7. The standard InChI is InChI=1S/C33H40N6O4/c1-24-14-15-26-11-6-7-13-29(26)39(24)31(40)28-21-30(35-32(34-28)42-23-27-12-8-16-36(27)2)37-17-19-38(20-18-37)33(41)43-22-25-9-4-3-5-10-25/h3-7,9-11,13,21,24,27H,8,12,14-20,22-23H2,1-2H3/t24?,27-/m0/s1. The van der Waals surface area contributed by atoms with Crippen molar-refractivity contribution in [2.75, 3.05) is 56.2 Å². The molecule has 1 unspecified atom stereocenters. The normalized spacial score (nSPS) is 20.6. The quantitative estimate of drug-likeness (QED) is 0.404. The van der Waals surface area contributed by atoms with Crippen LogP contribution in [-0.4, -0.2) is 90.2 Å². The Balaban J connectivity index is 1.19. The molecule has 1 aromatic heterocycles. The van der Waals surface area contributed by atoms with E-state index in [0.29, 0.717) is 50.3 Å². The summed E-state index contributed by atoms with van der Waals surface area (Å²) in [6.07, 6.45) is 3.70. The Hall–Kier alpha value is -4.18. The maximum Gasteiger partial charge on any atom is 0.410 e. The fourth-order valence-corrected chi connectivity index (χ4v) is 6.16. The molecule has 0 radical (unpaired) electrons. The summed E-state index contributed by atoms with van der Waals surface area (Å²) in [6, 6.07) is 20.1. The highest BCUT2D eigenvalue weighted by molar-refractivity contribution is 6.06. The average molecular weight is 585 g/mol.